The quantitative estimate of drug-likeness (QED) is 0.848. The molecular formula is C16H23FN2O2. The Morgan fingerprint density at radius 3 is 2.62 bits per heavy atom. The third-order valence-electron chi connectivity index (χ3n) is 4.18. The molecule has 116 valence electrons. The summed E-state index contributed by atoms with van der Waals surface area (Å²) < 4.78 is 18.4. The predicted molar refractivity (Wildman–Crippen MR) is 80.6 cm³/mol. The molecule has 1 aromatic carbocycles. The molecule has 5 heteroatoms. The highest BCUT2D eigenvalue weighted by atomic mass is 19.1. The van der Waals surface area contributed by atoms with Gasteiger partial charge in [0.25, 0.3) is 0 Å². The molecule has 1 aliphatic carbocycles. The minimum absolute atomic E-state index is 0.0339. The predicted octanol–water partition coefficient (Wildman–Crippen LogP) is 2.56. The Morgan fingerprint density at radius 2 is 2.05 bits per heavy atom. The lowest BCUT2D eigenvalue weighted by Crippen LogP contribution is -2.61. The molecule has 0 aromatic heterocycles. The molecule has 1 aromatic rings. The van der Waals surface area contributed by atoms with Gasteiger partial charge in [-0.3, -0.25) is 4.79 Å². The third kappa shape index (κ3) is 3.80. The van der Waals surface area contributed by atoms with Crippen LogP contribution in [0, 0.1) is 11.2 Å². The summed E-state index contributed by atoms with van der Waals surface area (Å²) in [5.74, 6) is -0.443. The Morgan fingerprint density at radius 1 is 1.38 bits per heavy atom. The van der Waals surface area contributed by atoms with Gasteiger partial charge < -0.3 is 15.4 Å². The van der Waals surface area contributed by atoms with Gasteiger partial charge in [0.2, 0.25) is 5.91 Å². The molecule has 0 radical (unpaired) electrons. The van der Waals surface area contributed by atoms with Crippen molar-refractivity contribution in [1.29, 1.82) is 0 Å². The number of benzene rings is 1. The molecule has 4 nitrogen and oxygen atoms in total. The van der Waals surface area contributed by atoms with Gasteiger partial charge in [-0.05, 0) is 37.6 Å². The molecule has 0 spiro atoms. The van der Waals surface area contributed by atoms with E-state index in [1.807, 2.05) is 6.92 Å². The van der Waals surface area contributed by atoms with Crippen molar-refractivity contribution in [3.63, 3.8) is 0 Å². The van der Waals surface area contributed by atoms with Crippen LogP contribution in [0.3, 0.4) is 0 Å². The van der Waals surface area contributed by atoms with E-state index in [1.54, 1.807) is 12.1 Å². The Labute approximate surface area is 125 Å². The Kier molecular flexibility index (Phi) is 4.96. The molecule has 2 N–H and O–H groups in total. The lowest BCUT2D eigenvalue weighted by Gasteiger charge is -2.51. The van der Waals surface area contributed by atoms with E-state index in [-0.39, 0.29) is 35.8 Å². The number of carbonyl (C=O) groups excluding carboxylic acids is 1. The van der Waals surface area contributed by atoms with E-state index in [0.29, 0.717) is 12.3 Å². The summed E-state index contributed by atoms with van der Waals surface area (Å²) >= 11 is 0. The van der Waals surface area contributed by atoms with Crippen molar-refractivity contribution >= 4 is 11.6 Å². The van der Waals surface area contributed by atoms with E-state index in [4.69, 9.17) is 4.74 Å². The average Bonchev–Trinajstić information content (AvgIpc) is 2.44. The van der Waals surface area contributed by atoms with Crippen LogP contribution in [0.5, 0.6) is 0 Å². The van der Waals surface area contributed by atoms with Gasteiger partial charge >= 0.3 is 0 Å². The lowest BCUT2D eigenvalue weighted by atomic mass is 9.64. The first-order valence-electron chi connectivity index (χ1n) is 7.34. The highest BCUT2D eigenvalue weighted by Crippen LogP contribution is 2.42. The Bertz CT molecular complexity index is 488. The number of nitrogens with one attached hydrogen (secondary N) is 2. The fraction of sp³-hybridized carbons (Fsp3) is 0.562. The van der Waals surface area contributed by atoms with Crippen molar-refractivity contribution in [2.45, 2.75) is 39.3 Å². The molecular weight excluding hydrogens is 271 g/mol. The first-order valence-corrected chi connectivity index (χ1v) is 7.34. The minimum Gasteiger partial charge on any atom is -0.378 e. The molecule has 1 saturated carbocycles. The largest absolute Gasteiger partial charge is 0.378 e. The second kappa shape index (κ2) is 6.54. The highest BCUT2D eigenvalue weighted by molar-refractivity contribution is 5.92. The standard InChI is InChI=1S/C16H23FN2O2/c1-4-21-14-9-13(16(14,2)3)18-10-15(20)19-12-7-5-11(17)6-8-12/h5-8,13-14,18H,4,9-10H2,1-3H3,(H,19,20). The maximum Gasteiger partial charge on any atom is 0.238 e. The number of halogens is 1. The fourth-order valence-electron chi connectivity index (χ4n) is 2.67. The molecule has 1 amide bonds. The van der Waals surface area contributed by atoms with E-state index in [2.05, 4.69) is 24.5 Å². The topological polar surface area (TPSA) is 50.4 Å². The fourth-order valence-corrected chi connectivity index (χ4v) is 2.67. The Hall–Kier alpha value is -1.46. The first-order chi connectivity index (χ1) is 9.93. The summed E-state index contributed by atoms with van der Waals surface area (Å²) in [6.45, 7) is 7.24. The Balaban J connectivity index is 1.76. The highest BCUT2D eigenvalue weighted by Gasteiger charge is 2.48. The van der Waals surface area contributed by atoms with Crippen LogP contribution in [0.1, 0.15) is 27.2 Å². The molecule has 1 fully saturated rings. The average molecular weight is 294 g/mol. The van der Waals surface area contributed by atoms with E-state index in [9.17, 15) is 9.18 Å². The van der Waals surface area contributed by atoms with Crippen LogP contribution in [0.15, 0.2) is 24.3 Å². The molecule has 2 unspecified atom stereocenters. The second-order valence-corrected chi connectivity index (χ2v) is 5.99. The van der Waals surface area contributed by atoms with Gasteiger partial charge in [-0.25, -0.2) is 4.39 Å². The van der Waals surface area contributed by atoms with Gasteiger partial charge in [0, 0.05) is 23.8 Å². The number of hydrogen-bond acceptors (Lipinski definition) is 3. The number of amides is 1. The van der Waals surface area contributed by atoms with Crippen LogP contribution in [0.2, 0.25) is 0 Å². The number of carbonyl (C=O) groups is 1. The van der Waals surface area contributed by atoms with Gasteiger partial charge in [-0.15, -0.1) is 0 Å². The maximum absolute atomic E-state index is 12.8. The molecule has 0 bridgehead atoms. The van der Waals surface area contributed by atoms with Crippen LogP contribution in [-0.4, -0.2) is 31.2 Å². The van der Waals surface area contributed by atoms with E-state index in [1.165, 1.54) is 12.1 Å². The number of hydrogen-bond donors (Lipinski definition) is 2. The van der Waals surface area contributed by atoms with Crippen LogP contribution in [0.4, 0.5) is 10.1 Å². The number of ether oxygens (including phenoxy) is 1. The number of anilines is 1. The SMILES string of the molecule is CCOC1CC(NCC(=O)Nc2ccc(F)cc2)C1(C)C. The smallest absolute Gasteiger partial charge is 0.238 e. The van der Waals surface area contributed by atoms with Crippen molar-refractivity contribution in [2.75, 3.05) is 18.5 Å². The van der Waals surface area contributed by atoms with Crippen LogP contribution in [0.25, 0.3) is 0 Å². The number of rotatable bonds is 6. The summed E-state index contributed by atoms with van der Waals surface area (Å²) in [7, 11) is 0. The summed E-state index contributed by atoms with van der Waals surface area (Å²) in [6, 6.07) is 6.01. The molecule has 0 heterocycles. The van der Waals surface area contributed by atoms with E-state index in [0.717, 1.165) is 6.42 Å². The van der Waals surface area contributed by atoms with Crippen molar-refractivity contribution in [3.8, 4) is 0 Å². The van der Waals surface area contributed by atoms with Gasteiger partial charge in [0.1, 0.15) is 5.82 Å². The van der Waals surface area contributed by atoms with Crippen molar-refractivity contribution in [1.82, 2.24) is 5.32 Å². The summed E-state index contributed by atoms with van der Waals surface area (Å²) in [5, 5.41) is 6.00. The molecule has 21 heavy (non-hydrogen) atoms. The van der Waals surface area contributed by atoms with Crippen LogP contribution >= 0.6 is 0 Å². The molecule has 0 saturated heterocycles. The van der Waals surface area contributed by atoms with Crippen LogP contribution < -0.4 is 10.6 Å². The zero-order valence-corrected chi connectivity index (χ0v) is 12.8. The van der Waals surface area contributed by atoms with Crippen LogP contribution in [-0.2, 0) is 9.53 Å². The lowest BCUT2D eigenvalue weighted by molar-refractivity contribution is -0.123. The van der Waals surface area contributed by atoms with Crippen molar-refractivity contribution in [2.24, 2.45) is 5.41 Å². The van der Waals surface area contributed by atoms with Crippen molar-refractivity contribution in [3.05, 3.63) is 30.1 Å². The van der Waals surface area contributed by atoms with E-state index < -0.39 is 0 Å². The van der Waals surface area contributed by atoms with E-state index >= 15 is 0 Å². The van der Waals surface area contributed by atoms with Gasteiger partial charge in [0.15, 0.2) is 0 Å². The minimum atomic E-state index is -0.315. The maximum atomic E-state index is 12.8. The molecule has 2 rings (SSSR count). The molecule has 0 aliphatic heterocycles. The summed E-state index contributed by atoms with van der Waals surface area (Å²) in [4.78, 5) is 11.9. The molecule has 2 atom stereocenters. The first kappa shape index (κ1) is 15.9. The summed E-state index contributed by atoms with van der Waals surface area (Å²) in [6.07, 6.45) is 1.17. The van der Waals surface area contributed by atoms with Gasteiger partial charge in [-0.2, -0.15) is 0 Å². The van der Waals surface area contributed by atoms with Crippen molar-refractivity contribution < 1.29 is 13.9 Å². The van der Waals surface area contributed by atoms with Gasteiger partial charge in [0.05, 0.1) is 12.6 Å². The normalized spacial score (nSPS) is 23.4. The third-order valence-corrected chi connectivity index (χ3v) is 4.18. The zero-order valence-electron chi connectivity index (χ0n) is 12.8. The summed E-state index contributed by atoms with van der Waals surface area (Å²) in [5.41, 5.74) is 0.634. The molecule has 1 aliphatic rings. The second-order valence-electron chi connectivity index (χ2n) is 5.99. The monoisotopic (exact) mass is 294 g/mol. The van der Waals surface area contributed by atoms with Gasteiger partial charge in [-0.1, -0.05) is 13.8 Å². The zero-order chi connectivity index (χ0) is 15.5.